The molecule has 0 saturated carbocycles. The minimum absolute atomic E-state index is 0.0178. The van der Waals surface area contributed by atoms with E-state index in [-0.39, 0.29) is 17.9 Å². The standard InChI is InChI=1S/C14H23NO5/c1-10-7-15(8-12(10)14(17)18)13(16)4-6-19-9-11-3-2-5-20-11/h10-12H,2-9H2,1H3,(H,17,18)/t10-,11?,12-/m1/s1. The molecule has 20 heavy (non-hydrogen) atoms. The topological polar surface area (TPSA) is 76.1 Å². The third-order valence-corrected chi connectivity index (χ3v) is 4.07. The van der Waals surface area contributed by atoms with Gasteiger partial charge in [-0.25, -0.2) is 0 Å². The van der Waals surface area contributed by atoms with Crippen LogP contribution in [0.15, 0.2) is 0 Å². The molecule has 1 unspecified atom stereocenters. The molecule has 0 aromatic heterocycles. The lowest BCUT2D eigenvalue weighted by atomic mass is 9.99. The predicted molar refractivity (Wildman–Crippen MR) is 71.3 cm³/mol. The van der Waals surface area contributed by atoms with Gasteiger partial charge in [-0.2, -0.15) is 0 Å². The number of amides is 1. The number of carboxylic acid groups (broad SMARTS) is 1. The van der Waals surface area contributed by atoms with Crippen LogP contribution in [0.4, 0.5) is 0 Å². The fourth-order valence-electron chi connectivity index (χ4n) is 2.80. The lowest BCUT2D eigenvalue weighted by molar-refractivity contribution is -0.142. The lowest BCUT2D eigenvalue weighted by Crippen LogP contribution is -2.30. The summed E-state index contributed by atoms with van der Waals surface area (Å²) in [6, 6.07) is 0. The number of carbonyl (C=O) groups excluding carboxylic acids is 1. The summed E-state index contributed by atoms with van der Waals surface area (Å²) >= 11 is 0. The van der Waals surface area contributed by atoms with Crippen molar-refractivity contribution in [2.75, 3.05) is 32.9 Å². The first kappa shape index (κ1) is 15.3. The Morgan fingerprint density at radius 3 is 2.80 bits per heavy atom. The zero-order chi connectivity index (χ0) is 14.5. The van der Waals surface area contributed by atoms with Gasteiger partial charge in [-0.15, -0.1) is 0 Å². The smallest absolute Gasteiger partial charge is 0.308 e. The zero-order valence-corrected chi connectivity index (χ0v) is 11.9. The summed E-state index contributed by atoms with van der Waals surface area (Å²) in [5.41, 5.74) is 0. The quantitative estimate of drug-likeness (QED) is 0.729. The second kappa shape index (κ2) is 7.04. The molecule has 6 nitrogen and oxygen atoms in total. The summed E-state index contributed by atoms with van der Waals surface area (Å²) < 4.78 is 10.9. The zero-order valence-electron chi connectivity index (χ0n) is 11.9. The summed E-state index contributed by atoms with van der Waals surface area (Å²) in [5.74, 6) is -1.26. The number of ether oxygens (including phenoxy) is 2. The van der Waals surface area contributed by atoms with E-state index in [1.807, 2.05) is 6.92 Å². The van der Waals surface area contributed by atoms with Crippen LogP contribution in [-0.4, -0.2) is 60.9 Å². The van der Waals surface area contributed by atoms with Gasteiger partial charge in [0.1, 0.15) is 0 Å². The molecule has 0 spiro atoms. The number of carboxylic acids is 1. The van der Waals surface area contributed by atoms with E-state index in [1.54, 1.807) is 4.90 Å². The van der Waals surface area contributed by atoms with Gasteiger partial charge in [-0.1, -0.05) is 6.92 Å². The van der Waals surface area contributed by atoms with Crippen LogP contribution >= 0.6 is 0 Å². The normalized spacial score (nSPS) is 29.9. The molecule has 2 heterocycles. The molecular weight excluding hydrogens is 262 g/mol. The Labute approximate surface area is 119 Å². The fourth-order valence-corrected chi connectivity index (χ4v) is 2.80. The van der Waals surface area contributed by atoms with E-state index in [0.717, 1.165) is 19.4 Å². The molecule has 2 fully saturated rings. The van der Waals surface area contributed by atoms with Crippen LogP contribution in [0, 0.1) is 11.8 Å². The van der Waals surface area contributed by atoms with Crippen molar-refractivity contribution in [3.8, 4) is 0 Å². The Hall–Kier alpha value is -1.14. The number of likely N-dealkylation sites (tertiary alicyclic amines) is 1. The second-order valence-electron chi connectivity index (χ2n) is 5.68. The molecule has 1 N–H and O–H groups in total. The largest absolute Gasteiger partial charge is 0.481 e. The van der Waals surface area contributed by atoms with Crippen molar-refractivity contribution in [1.82, 2.24) is 4.90 Å². The number of carbonyl (C=O) groups is 2. The van der Waals surface area contributed by atoms with Crippen LogP contribution in [0.5, 0.6) is 0 Å². The van der Waals surface area contributed by atoms with Crippen LogP contribution in [0.2, 0.25) is 0 Å². The van der Waals surface area contributed by atoms with E-state index < -0.39 is 11.9 Å². The van der Waals surface area contributed by atoms with Crippen LogP contribution in [0.1, 0.15) is 26.2 Å². The van der Waals surface area contributed by atoms with E-state index in [9.17, 15) is 9.59 Å². The molecule has 0 aromatic carbocycles. The SMILES string of the molecule is C[C@@H]1CN(C(=O)CCOCC2CCCO2)C[C@H]1C(=O)O. The fraction of sp³-hybridized carbons (Fsp3) is 0.857. The van der Waals surface area contributed by atoms with Crippen molar-refractivity contribution in [3.05, 3.63) is 0 Å². The Morgan fingerprint density at radius 1 is 1.40 bits per heavy atom. The Morgan fingerprint density at radius 2 is 2.20 bits per heavy atom. The highest BCUT2D eigenvalue weighted by Gasteiger charge is 2.36. The lowest BCUT2D eigenvalue weighted by Gasteiger charge is -2.16. The average molecular weight is 285 g/mol. The van der Waals surface area contributed by atoms with Gasteiger partial charge in [0, 0.05) is 19.7 Å². The van der Waals surface area contributed by atoms with Gasteiger partial charge >= 0.3 is 5.97 Å². The molecule has 2 aliphatic rings. The van der Waals surface area contributed by atoms with Crippen LogP contribution in [0.25, 0.3) is 0 Å². The maximum absolute atomic E-state index is 12.0. The molecule has 0 radical (unpaired) electrons. The molecule has 114 valence electrons. The summed E-state index contributed by atoms with van der Waals surface area (Å²) in [7, 11) is 0. The molecule has 0 aromatic rings. The van der Waals surface area contributed by atoms with Crippen molar-refractivity contribution in [2.45, 2.75) is 32.3 Å². The first-order valence-corrected chi connectivity index (χ1v) is 7.28. The molecule has 2 aliphatic heterocycles. The van der Waals surface area contributed by atoms with E-state index >= 15 is 0 Å². The van der Waals surface area contributed by atoms with Gasteiger partial charge < -0.3 is 19.5 Å². The summed E-state index contributed by atoms with van der Waals surface area (Å²) in [4.78, 5) is 24.6. The van der Waals surface area contributed by atoms with E-state index in [2.05, 4.69) is 0 Å². The molecule has 3 atom stereocenters. The number of rotatable bonds is 6. The molecule has 1 amide bonds. The van der Waals surface area contributed by atoms with Gasteiger partial charge in [0.05, 0.1) is 31.7 Å². The van der Waals surface area contributed by atoms with Gasteiger partial charge in [0.2, 0.25) is 5.91 Å². The Balaban J connectivity index is 1.63. The molecule has 0 aliphatic carbocycles. The average Bonchev–Trinajstić information content (AvgIpc) is 3.03. The van der Waals surface area contributed by atoms with Crippen molar-refractivity contribution in [1.29, 1.82) is 0 Å². The summed E-state index contributed by atoms with van der Waals surface area (Å²) in [5, 5.41) is 9.04. The number of aliphatic carboxylic acids is 1. The molecule has 2 rings (SSSR count). The van der Waals surface area contributed by atoms with Gasteiger partial charge in [-0.05, 0) is 18.8 Å². The number of hydrogen-bond donors (Lipinski definition) is 1. The first-order chi connectivity index (χ1) is 9.58. The maximum Gasteiger partial charge on any atom is 0.308 e. The summed E-state index contributed by atoms with van der Waals surface area (Å²) in [6.45, 7) is 4.44. The minimum atomic E-state index is -0.817. The van der Waals surface area contributed by atoms with Crippen LogP contribution in [0.3, 0.4) is 0 Å². The van der Waals surface area contributed by atoms with Crippen LogP contribution < -0.4 is 0 Å². The predicted octanol–water partition coefficient (Wildman–Crippen LogP) is 0.751. The maximum atomic E-state index is 12.0. The summed E-state index contributed by atoms with van der Waals surface area (Å²) in [6.07, 6.45) is 2.59. The van der Waals surface area contributed by atoms with E-state index in [1.165, 1.54) is 0 Å². The molecule has 2 saturated heterocycles. The van der Waals surface area contributed by atoms with E-state index in [4.69, 9.17) is 14.6 Å². The van der Waals surface area contributed by atoms with Crippen molar-refractivity contribution >= 4 is 11.9 Å². The van der Waals surface area contributed by atoms with E-state index in [0.29, 0.717) is 32.7 Å². The third kappa shape index (κ3) is 3.93. The van der Waals surface area contributed by atoms with Gasteiger partial charge in [0.15, 0.2) is 0 Å². The van der Waals surface area contributed by atoms with Crippen LogP contribution in [-0.2, 0) is 19.1 Å². The minimum Gasteiger partial charge on any atom is -0.481 e. The molecule has 6 heteroatoms. The van der Waals surface area contributed by atoms with Gasteiger partial charge in [0.25, 0.3) is 0 Å². The highest BCUT2D eigenvalue weighted by Crippen LogP contribution is 2.23. The number of nitrogens with zero attached hydrogens (tertiary/aromatic N) is 1. The van der Waals surface area contributed by atoms with Gasteiger partial charge in [-0.3, -0.25) is 9.59 Å². The Bertz CT molecular complexity index is 353. The van der Waals surface area contributed by atoms with Crippen molar-refractivity contribution in [3.63, 3.8) is 0 Å². The first-order valence-electron chi connectivity index (χ1n) is 7.28. The highest BCUT2D eigenvalue weighted by atomic mass is 16.5. The second-order valence-corrected chi connectivity index (χ2v) is 5.68. The molecular formula is C14H23NO5. The van der Waals surface area contributed by atoms with Crippen molar-refractivity contribution in [2.24, 2.45) is 11.8 Å². The Kier molecular flexibility index (Phi) is 5.37. The molecule has 0 bridgehead atoms. The third-order valence-electron chi connectivity index (χ3n) is 4.07. The highest BCUT2D eigenvalue weighted by molar-refractivity contribution is 5.79. The number of hydrogen-bond acceptors (Lipinski definition) is 4. The monoisotopic (exact) mass is 285 g/mol. The van der Waals surface area contributed by atoms with Crippen molar-refractivity contribution < 1.29 is 24.2 Å².